The molecule has 1 unspecified atom stereocenters. The van der Waals surface area contributed by atoms with E-state index in [-0.39, 0.29) is 5.75 Å². The number of rotatable bonds is 6. The Balaban J connectivity index is 2.69. The predicted molar refractivity (Wildman–Crippen MR) is 69.4 cm³/mol. The lowest BCUT2D eigenvalue weighted by Gasteiger charge is -2.19. The Morgan fingerprint density at radius 2 is 1.89 bits per heavy atom. The van der Waals surface area contributed by atoms with E-state index in [9.17, 15) is 13.2 Å². The first kappa shape index (κ1) is 15.6. The topological polar surface area (TPSA) is 44.5 Å². The first-order valence-corrected chi connectivity index (χ1v) is 5.97. The van der Waals surface area contributed by atoms with E-state index in [1.165, 1.54) is 12.1 Å². The van der Waals surface area contributed by atoms with Gasteiger partial charge in [-0.25, -0.2) is 0 Å². The Morgan fingerprint density at radius 1 is 1.32 bits per heavy atom. The van der Waals surface area contributed by atoms with Crippen LogP contribution in [0.5, 0.6) is 11.5 Å². The zero-order valence-corrected chi connectivity index (χ0v) is 11.1. The molecule has 1 aromatic rings. The van der Waals surface area contributed by atoms with E-state index in [1.54, 1.807) is 19.1 Å². The second-order valence-corrected chi connectivity index (χ2v) is 4.19. The van der Waals surface area contributed by atoms with E-state index in [1.807, 2.05) is 0 Å². The minimum atomic E-state index is -4.51. The Hall–Kier alpha value is -1.50. The van der Waals surface area contributed by atoms with Crippen molar-refractivity contribution in [2.45, 2.75) is 13.1 Å². The summed E-state index contributed by atoms with van der Waals surface area (Å²) in [6.45, 7) is 1.62. The lowest BCUT2D eigenvalue weighted by molar-refractivity contribution is -0.161. The fourth-order valence-corrected chi connectivity index (χ4v) is 1.54. The maximum Gasteiger partial charge on any atom is 0.401 e. The summed E-state index contributed by atoms with van der Waals surface area (Å²) in [7, 11) is 0. The third kappa shape index (κ3) is 4.94. The molecule has 1 atom stereocenters. The van der Waals surface area contributed by atoms with E-state index < -0.39 is 23.7 Å². The van der Waals surface area contributed by atoms with Gasteiger partial charge in [-0.05, 0) is 19.1 Å². The van der Waals surface area contributed by atoms with Gasteiger partial charge in [0.15, 0.2) is 0 Å². The molecule has 0 radical (unpaired) electrons. The molecule has 0 fully saturated rings. The zero-order chi connectivity index (χ0) is 14.5. The minimum Gasteiger partial charge on any atom is -0.494 e. The molecule has 1 rings (SSSR count). The van der Waals surface area contributed by atoms with Gasteiger partial charge in [0, 0.05) is 6.07 Å². The van der Waals surface area contributed by atoms with Crippen molar-refractivity contribution in [1.29, 1.82) is 0 Å². The monoisotopic (exact) mass is 293 g/mol. The van der Waals surface area contributed by atoms with Gasteiger partial charge in [0.25, 0.3) is 0 Å². The Kier molecular flexibility index (Phi) is 5.41. The van der Waals surface area contributed by atoms with Crippen LogP contribution in [0.1, 0.15) is 6.92 Å². The van der Waals surface area contributed by atoms with Gasteiger partial charge in [-0.3, -0.25) is 0 Å². The summed E-state index contributed by atoms with van der Waals surface area (Å²) in [5.74, 6) is -1.16. The number of benzene rings is 1. The molecule has 0 amide bonds. The van der Waals surface area contributed by atoms with Gasteiger partial charge in [0.1, 0.15) is 24.0 Å². The fraction of sp³-hybridized carbons (Fsp3) is 0.417. The van der Waals surface area contributed by atoms with Crippen molar-refractivity contribution in [1.82, 2.24) is 0 Å². The van der Waals surface area contributed by atoms with E-state index in [2.05, 4.69) is 12.2 Å². The highest BCUT2D eigenvalue weighted by molar-refractivity contribution is 7.80. The van der Waals surface area contributed by atoms with Crippen LogP contribution in [0.15, 0.2) is 24.3 Å². The van der Waals surface area contributed by atoms with Gasteiger partial charge < -0.3 is 15.2 Å². The van der Waals surface area contributed by atoms with Crippen LogP contribution in [-0.2, 0) is 0 Å². The summed E-state index contributed by atoms with van der Waals surface area (Å²) in [5, 5.41) is 0. The third-order valence-electron chi connectivity index (χ3n) is 2.27. The van der Waals surface area contributed by atoms with Crippen LogP contribution in [0.3, 0.4) is 0 Å². The molecule has 1 aromatic carbocycles. The summed E-state index contributed by atoms with van der Waals surface area (Å²) in [5.41, 5.74) is 5.07. The molecule has 0 heterocycles. The Morgan fingerprint density at radius 3 is 2.37 bits per heavy atom. The number of ether oxygens (including phenoxy) is 2. The van der Waals surface area contributed by atoms with Crippen LogP contribution >= 0.6 is 12.2 Å². The number of nitrogens with two attached hydrogens (primary N) is 1. The van der Waals surface area contributed by atoms with Gasteiger partial charge in [0.2, 0.25) is 0 Å². The molecular formula is C12H14F3NO2S. The first-order chi connectivity index (χ1) is 8.84. The number of halogens is 3. The average molecular weight is 293 g/mol. The van der Waals surface area contributed by atoms with Crippen molar-refractivity contribution in [3.63, 3.8) is 0 Å². The van der Waals surface area contributed by atoms with Gasteiger partial charge in [-0.2, -0.15) is 13.2 Å². The van der Waals surface area contributed by atoms with Crippen molar-refractivity contribution in [2.24, 2.45) is 11.7 Å². The Labute approximate surface area is 114 Å². The van der Waals surface area contributed by atoms with Crippen LogP contribution in [-0.4, -0.2) is 24.4 Å². The molecule has 0 spiro atoms. The van der Waals surface area contributed by atoms with Crippen molar-refractivity contribution in [3.05, 3.63) is 24.3 Å². The molecule has 0 bridgehead atoms. The lowest BCUT2D eigenvalue weighted by Crippen LogP contribution is -2.38. The highest BCUT2D eigenvalue weighted by Crippen LogP contribution is 2.28. The van der Waals surface area contributed by atoms with Gasteiger partial charge in [-0.15, -0.1) is 0 Å². The van der Waals surface area contributed by atoms with E-state index in [0.717, 1.165) is 0 Å². The Bertz CT molecular complexity index is 437. The molecule has 19 heavy (non-hydrogen) atoms. The van der Waals surface area contributed by atoms with Crippen molar-refractivity contribution >= 4 is 17.2 Å². The van der Waals surface area contributed by atoms with Crippen LogP contribution in [0.2, 0.25) is 0 Å². The molecular weight excluding hydrogens is 279 g/mol. The first-order valence-electron chi connectivity index (χ1n) is 5.56. The smallest absolute Gasteiger partial charge is 0.401 e. The van der Waals surface area contributed by atoms with Crippen molar-refractivity contribution in [2.75, 3.05) is 13.2 Å². The molecule has 0 aliphatic carbocycles. The maximum atomic E-state index is 12.6. The minimum absolute atomic E-state index is 0.274. The molecule has 0 saturated heterocycles. The van der Waals surface area contributed by atoms with Gasteiger partial charge in [-0.1, -0.05) is 18.3 Å². The van der Waals surface area contributed by atoms with Crippen LogP contribution < -0.4 is 15.2 Å². The van der Waals surface area contributed by atoms with Crippen LogP contribution in [0, 0.1) is 5.92 Å². The maximum absolute atomic E-state index is 12.6. The van der Waals surface area contributed by atoms with E-state index >= 15 is 0 Å². The fourth-order valence-electron chi connectivity index (χ4n) is 1.34. The second kappa shape index (κ2) is 6.60. The summed E-state index contributed by atoms with van der Waals surface area (Å²) in [6.07, 6.45) is -4.51. The largest absolute Gasteiger partial charge is 0.494 e. The average Bonchev–Trinajstić information content (AvgIpc) is 2.27. The predicted octanol–water partition coefficient (Wildman–Crippen LogP) is 2.93. The normalized spacial score (nSPS) is 12.8. The second-order valence-electron chi connectivity index (χ2n) is 3.72. The SMILES string of the molecule is CCOc1cccc(OCC(C(N)=S)C(F)(F)F)c1. The molecule has 3 nitrogen and oxygen atoms in total. The summed E-state index contributed by atoms with van der Waals surface area (Å²) >= 11 is 4.40. The quantitative estimate of drug-likeness (QED) is 0.819. The third-order valence-corrected chi connectivity index (χ3v) is 2.56. The molecule has 2 N–H and O–H groups in total. The number of thiocarbonyl (C=S) groups is 1. The molecule has 7 heteroatoms. The summed E-state index contributed by atoms with van der Waals surface area (Å²) < 4.78 is 48.1. The molecule has 106 valence electrons. The highest BCUT2D eigenvalue weighted by atomic mass is 32.1. The zero-order valence-electron chi connectivity index (χ0n) is 10.2. The standard InChI is InChI=1S/C12H14F3NO2S/c1-2-17-8-4-3-5-9(6-8)18-7-10(11(16)19)12(13,14)15/h3-6,10H,2,7H2,1H3,(H2,16,19). The van der Waals surface area contributed by atoms with E-state index in [0.29, 0.717) is 12.4 Å². The van der Waals surface area contributed by atoms with Gasteiger partial charge >= 0.3 is 6.18 Å². The summed E-state index contributed by atoms with van der Waals surface area (Å²) in [6, 6.07) is 6.36. The van der Waals surface area contributed by atoms with Crippen LogP contribution in [0.4, 0.5) is 13.2 Å². The van der Waals surface area contributed by atoms with Crippen LogP contribution in [0.25, 0.3) is 0 Å². The number of hydrogen-bond acceptors (Lipinski definition) is 3. The molecule has 0 aliphatic rings. The molecule has 0 saturated carbocycles. The van der Waals surface area contributed by atoms with Gasteiger partial charge in [0.05, 0.1) is 11.6 Å². The molecule has 0 aromatic heterocycles. The van der Waals surface area contributed by atoms with E-state index in [4.69, 9.17) is 15.2 Å². The number of alkyl halides is 3. The lowest BCUT2D eigenvalue weighted by atomic mass is 10.1. The molecule has 0 aliphatic heterocycles. The van der Waals surface area contributed by atoms with Crippen molar-refractivity contribution in [3.8, 4) is 11.5 Å². The number of hydrogen-bond donors (Lipinski definition) is 1. The highest BCUT2D eigenvalue weighted by Gasteiger charge is 2.42. The summed E-state index contributed by atoms with van der Waals surface area (Å²) in [4.78, 5) is -0.631. The van der Waals surface area contributed by atoms with Crippen molar-refractivity contribution < 1.29 is 22.6 Å².